The van der Waals surface area contributed by atoms with E-state index in [1.165, 1.54) is 4.31 Å². The Hall–Kier alpha value is -3.40. The maximum atomic E-state index is 12.7. The van der Waals surface area contributed by atoms with E-state index in [0.29, 0.717) is 17.3 Å². The van der Waals surface area contributed by atoms with Gasteiger partial charge in [0.05, 0.1) is 25.0 Å². The van der Waals surface area contributed by atoms with Crippen molar-refractivity contribution in [2.75, 3.05) is 17.1 Å². The predicted octanol–water partition coefficient (Wildman–Crippen LogP) is 2.20. The molecule has 162 valence electrons. The smallest absolute Gasteiger partial charge is 0.263 e. The molecule has 0 bridgehead atoms. The summed E-state index contributed by atoms with van der Waals surface area (Å²) in [6.45, 7) is 3.69. The van der Waals surface area contributed by atoms with Gasteiger partial charge in [0.25, 0.3) is 5.91 Å². The van der Waals surface area contributed by atoms with E-state index in [2.05, 4.69) is 15.5 Å². The summed E-state index contributed by atoms with van der Waals surface area (Å²) in [6, 6.07) is 12.8. The van der Waals surface area contributed by atoms with Crippen LogP contribution in [0.4, 0.5) is 5.69 Å². The Kier molecular flexibility index (Phi) is 5.40. The first kappa shape index (κ1) is 20.9. The van der Waals surface area contributed by atoms with Gasteiger partial charge in [-0.15, -0.1) is 0 Å². The maximum Gasteiger partial charge on any atom is 0.263 e. The van der Waals surface area contributed by atoms with Crippen LogP contribution < -0.4 is 14.4 Å². The molecule has 1 amide bonds. The molecule has 31 heavy (non-hydrogen) atoms. The molecule has 2 heterocycles. The number of fused-ring (bicyclic) bond motifs is 1. The van der Waals surface area contributed by atoms with Crippen molar-refractivity contribution in [2.24, 2.45) is 0 Å². The molecule has 1 N–H and O–H groups in total. The van der Waals surface area contributed by atoms with E-state index in [4.69, 9.17) is 9.26 Å². The van der Waals surface area contributed by atoms with Crippen molar-refractivity contribution in [2.45, 2.75) is 26.5 Å². The standard InChI is InChI=1S/C21H22N4O5S/c1-13-5-4-6-15(9-13)20-23-19(30-24-20)11-22-21(26)18-12-25(31(3,27)28)16-10-14(2)7-8-17(16)29-18/h4-10,18H,11-12H2,1-3H3,(H,22,26)/t18-/m1/s1. The lowest BCUT2D eigenvalue weighted by Gasteiger charge is -2.34. The third-order valence-electron chi connectivity index (χ3n) is 4.83. The zero-order chi connectivity index (χ0) is 22.2. The topological polar surface area (TPSA) is 115 Å². The van der Waals surface area contributed by atoms with Crippen LogP contribution in [0.1, 0.15) is 17.0 Å². The number of hydrogen-bond acceptors (Lipinski definition) is 7. The fraction of sp³-hybridized carbons (Fsp3) is 0.286. The highest BCUT2D eigenvalue weighted by molar-refractivity contribution is 7.92. The van der Waals surface area contributed by atoms with Crippen LogP contribution in [0.25, 0.3) is 11.4 Å². The van der Waals surface area contributed by atoms with Gasteiger partial charge in [-0.2, -0.15) is 4.98 Å². The first-order valence-electron chi connectivity index (χ1n) is 9.63. The van der Waals surface area contributed by atoms with Gasteiger partial charge in [-0.1, -0.05) is 35.0 Å². The van der Waals surface area contributed by atoms with Gasteiger partial charge in [-0.3, -0.25) is 9.10 Å². The molecule has 9 nitrogen and oxygen atoms in total. The molecule has 2 aromatic carbocycles. The van der Waals surface area contributed by atoms with Crippen LogP contribution in [0.3, 0.4) is 0 Å². The lowest BCUT2D eigenvalue weighted by atomic mass is 10.1. The number of benzene rings is 2. The molecule has 1 aromatic heterocycles. The molecule has 0 saturated heterocycles. The van der Waals surface area contributed by atoms with E-state index >= 15 is 0 Å². The predicted molar refractivity (Wildman–Crippen MR) is 114 cm³/mol. The van der Waals surface area contributed by atoms with Crippen LogP contribution in [0.5, 0.6) is 5.75 Å². The number of aryl methyl sites for hydroxylation is 2. The minimum absolute atomic E-state index is 0.00284. The van der Waals surface area contributed by atoms with Crippen molar-refractivity contribution in [3.63, 3.8) is 0 Å². The third kappa shape index (κ3) is 4.53. The van der Waals surface area contributed by atoms with Crippen molar-refractivity contribution < 1.29 is 22.5 Å². The minimum atomic E-state index is -3.59. The highest BCUT2D eigenvalue weighted by Crippen LogP contribution is 2.35. The van der Waals surface area contributed by atoms with Gasteiger partial charge in [-0.05, 0) is 37.6 Å². The van der Waals surface area contributed by atoms with Crippen LogP contribution >= 0.6 is 0 Å². The summed E-state index contributed by atoms with van der Waals surface area (Å²) in [6.07, 6.45) is 0.0917. The minimum Gasteiger partial charge on any atom is -0.476 e. The normalized spacial score (nSPS) is 15.8. The largest absolute Gasteiger partial charge is 0.476 e. The highest BCUT2D eigenvalue weighted by atomic mass is 32.2. The Morgan fingerprint density at radius 3 is 2.71 bits per heavy atom. The highest BCUT2D eigenvalue weighted by Gasteiger charge is 2.35. The monoisotopic (exact) mass is 442 g/mol. The van der Waals surface area contributed by atoms with E-state index in [9.17, 15) is 13.2 Å². The summed E-state index contributed by atoms with van der Waals surface area (Å²) in [4.78, 5) is 17.0. The number of rotatable bonds is 5. The van der Waals surface area contributed by atoms with Gasteiger partial charge in [0.15, 0.2) is 6.10 Å². The fourth-order valence-electron chi connectivity index (χ4n) is 3.32. The van der Waals surface area contributed by atoms with Gasteiger partial charge in [0.2, 0.25) is 21.7 Å². The van der Waals surface area contributed by atoms with E-state index in [0.717, 1.165) is 22.9 Å². The molecule has 1 atom stereocenters. The number of carbonyl (C=O) groups excluding carboxylic acids is 1. The van der Waals surface area contributed by atoms with Crippen molar-refractivity contribution in [3.8, 4) is 17.1 Å². The summed E-state index contributed by atoms with van der Waals surface area (Å²) < 4.78 is 36.7. The molecule has 1 aliphatic heterocycles. The average Bonchev–Trinajstić information content (AvgIpc) is 3.19. The van der Waals surface area contributed by atoms with Crippen LogP contribution in [-0.2, 0) is 21.4 Å². The molecule has 4 rings (SSSR count). The van der Waals surface area contributed by atoms with Crippen LogP contribution in [0.15, 0.2) is 47.0 Å². The second kappa shape index (κ2) is 8.03. The first-order valence-corrected chi connectivity index (χ1v) is 11.5. The van der Waals surface area contributed by atoms with Crippen molar-refractivity contribution in [1.82, 2.24) is 15.5 Å². The molecule has 0 saturated carbocycles. The third-order valence-corrected chi connectivity index (χ3v) is 5.98. The molecule has 10 heteroatoms. The van der Waals surface area contributed by atoms with E-state index < -0.39 is 22.0 Å². The number of sulfonamides is 1. The second-order valence-corrected chi connectivity index (χ2v) is 9.38. The average molecular weight is 442 g/mol. The Morgan fingerprint density at radius 1 is 1.19 bits per heavy atom. The zero-order valence-corrected chi connectivity index (χ0v) is 18.1. The lowest BCUT2D eigenvalue weighted by molar-refractivity contribution is -0.128. The van der Waals surface area contributed by atoms with E-state index in [1.807, 2.05) is 38.1 Å². The van der Waals surface area contributed by atoms with Gasteiger partial charge < -0.3 is 14.6 Å². The van der Waals surface area contributed by atoms with Crippen molar-refractivity contribution >= 4 is 21.6 Å². The summed E-state index contributed by atoms with van der Waals surface area (Å²) in [5.41, 5.74) is 3.19. The first-order chi connectivity index (χ1) is 14.7. The van der Waals surface area contributed by atoms with E-state index in [-0.39, 0.29) is 19.0 Å². The van der Waals surface area contributed by atoms with E-state index in [1.54, 1.807) is 18.2 Å². The fourth-order valence-corrected chi connectivity index (χ4v) is 4.22. The summed E-state index contributed by atoms with van der Waals surface area (Å²) >= 11 is 0. The van der Waals surface area contributed by atoms with Crippen LogP contribution in [-0.4, -0.2) is 43.4 Å². The maximum absolute atomic E-state index is 12.7. The van der Waals surface area contributed by atoms with Gasteiger partial charge in [0, 0.05) is 5.56 Å². The lowest BCUT2D eigenvalue weighted by Crippen LogP contribution is -2.50. The molecule has 0 aliphatic carbocycles. The SMILES string of the molecule is Cc1cccc(-c2noc(CNC(=O)[C@H]3CN(S(C)(=O)=O)c4cc(C)ccc4O3)n2)c1. The van der Waals surface area contributed by atoms with Crippen LogP contribution in [0.2, 0.25) is 0 Å². The number of amides is 1. The molecule has 1 aliphatic rings. The number of nitrogens with one attached hydrogen (secondary N) is 1. The van der Waals surface area contributed by atoms with Crippen molar-refractivity contribution in [3.05, 3.63) is 59.5 Å². The van der Waals surface area contributed by atoms with Crippen LogP contribution in [0, 0.1) is 13.8 Å². The molecule has 0 unspecified atom stereocenters. The van der Waals surface area contributed by atoms with Gasteiger partial charge in [0.1, 0.15) is 5.75 Å². The molecular weight excluding hydrogens is 420 g/mol. The number of hydrogen-bond donors (Lipinski definition) is 1. The molecule has 0 spiro atoms. The summed E-state index contributed by atoms with van der Waals surface area (Å²) in [7, 11) is -3.59. The number of anilines is 1. The molecular formula is C21H22N4O5S. The molecule has 3 aromatic rings. The number of ether oxygens (including phenoxy) is 1. The number of nitrogens with zero attached hydrogens (tertiary/aromatic N) is 3. The summed E-state index contributed by atoms with van der Waals surface area (Å²) in [5, 5.41) is 6.62. The quantitative estimate of drug-likeness (QED) is 0.644. The number of carbonyl (C=O) groups is 1. The molecule has 0 fully saturated rings. The Morgan fingerprint density at radius 2 is 1.97 bits per heavy atom. The Balaban J connectivity index is 1.46. The second-order valence-electron chi connectivity index (χ2n) is 7.47. The van der Waals surface area contributed by atoms with Gasteiger partial charge >= 0.3 is 0 Å². The molecule has 0 radical (unpaired) electrons. The summed E-state index contributed by atoms with van der Waals surface area (Å²) in [5.74, 6) is 0.517. The Labute approximate surface area is 180 Å². The van der Waals surface area contributed by atoms with Gasteiger partial charge in [-0.25, -0.2) is 8.42 Å². The zero-order valence-electron chi connectivity index (χ0n) is 17.3. The Bertz CT molecular complexity index is 1240. The number of aromatic nitrogens is 2. The van der Waals surface area contributed by atoms with Crippen molar-refractivity contribution in [1.29, 1.82) is 0 Å².